The molecule has 0 spiro atoms. The summed E-state index contributed by atoms with van der Waals surface area (Å²) in [6, 6.07) is 23.9. The third kappa shape index (κ3) is 7.67. The number of carbonyl (C=O) groups is 1. The van der Waals surface area contributed by atoms with Crippen molar-refractivity contribution in [3.8, 4) is 28.4 Å². The summed E-state index contributed by atoms with van der Waals surface area (Å²) in [4.78, 5) is 11.6. The first kappa shape index (κ1) is 32.3. The molecule has 1 aliphatic rings. The van der Waals surface area contributed by atoms with Gasteiger partial charge in [-0.15, -0.1) is 0 Å². The van der Waals surface area contributed by atoms with Gasteiger partial charge in [0, 0.05) is 24.7 Å². The molecule has 232 valence electrons. The number of benzene rings is 4. The minimum absolute atomic E-state index is 0. The number of aliphatic hydroxyl groups is 1. The van der Waals surface area contributed by atoms with E-state index in [1.807, 2.05) is 24.3 Å². The van der Waals surface area contributed by atoms with Crippen molar-refractivity contribution < 1.29 is 37.6 Å². The quantitative estimate of drug-likeness (QED) is 0.160. The lowest BCUT2D eigenvalue weighted by Crippen LogP contribution is -2.27. The maximum absolute atomic E-state index is 13.0. The van der Waals surface area contributed by atoms with Gasteiger partial charge in [-0.2, -0.15) is 0 Å². The molecule has 5 rings (SSSR count). The molecule has 11 heteroatoms. The van der Waals surface area contributed by atoms with Crippen molar-refractivity contribution in [1.82, 2.24) is 5.32 Å². The highest BCUT2D eigenvalue weighted by atomic mass is 32.2. The molecule has 4 aromatic rings. The SMILES string of the molecule is C.CCOc1cc(-c2ccc(OCCNCC(O)c3ccc4cc3NS(=O)(=O)c3cccc(c3)CO4)cc2)ccc1C(=O)O. The summed E-state index contributed by atoms with van der Waals surface area (Å²) < 4.78 is 45.7. The second kappa shape index (κ2) is 14.3. The van der Waals surface area contributed by atoms with Crippen LogP contribution in [0, 0.1) is 0 Å². The fourth-order valence-corrected chi connectivity index (χ4v) is 5.81. The number of nitrogens with one attached hydrogen (secondary N) is 2. The highest BCUT2D eigenvalue weighted by Crippen LogP contribution is 2.32. The second-order valence-corrected chi connectivity index (χ2v) is 11.5. The zero-order chi connectivity index (χ0) is 30.4. The summed E-state index contributed by atoms with van der Waals surface area (Å²) in [5, 5.41) is 23.4. The first-order chi connectivity index (χ1) is 20.7. The molecule has 1 aliphatic heterocycles. The highest BCUT2D eigenvalue weighted by Gasteiger charge is 2.21. The summed E-state index contributed by atoms with van der Waals surface area (Å²) in [5.41, 5.74) is 3.22. The number of sulfonamides is 1. The molecule has 0 radical (unpaired) electrons. The topological polar surface area (TPSA) is 143 Å². The minimum atomic E-state index is -3.85. The van der Waals surface area contributed by atoms with Crippen LogP contribution in [0.4, 0.5) is 5.69 Å². The Morgan fingerprint density at radius 2 is 1.77 bits per heavy atom. The maximum atomic E-state index is 13.0. The van der Waals surface area contributed by atoms with Gasteiger partial charge in [0.05, 0.1) is 23.3 Å². The van der Waals surface area contributed by atoms with Crippen molar-refractivity contribution >= 4 is 21.7 Å². The van der Waals surface area contributed by atoms with Crippen molar-refractivity contribution in [1.29, 1.82) is 0 Å². The van der Waals surface area contributed by atoms with Gasteiger partial charge in [-0.25, -0.2) is 13.2 Å². The van der Waals surface area contributed by atoms with Gasteiger partial charge in [-0.05, 0) is 66.1 Å². The molecule has 1 unspecified atom stereocenters. The van der Waals surface area contributed by atoms with Gasteiger partial charge in [-0.3, -0.25) is 4.72 Å². The highest BCUT2D eigenvalue weighted by molar-refractivity contribution is 7.92. The molecule has 10 nitrogen and oxygen atoms in total. The van der Waals surface area contributed by atoms with E-state index >= 15 is 0 Å². The summed E-state index contributed by atoms with van der Waals surface area (Å²) in [6.07, 6.45) is -0.991. The van der Waals surface area contributed by atoms with Crippen molar-refractivity contribution in [2.75, 3.05) is 31.0 Å². The van der Waals surface area contributed by atoms with Crippen LogP contribution in [0.3, 0.4) is 0 Å². The van der Waals surface area contributed by atoms with Crippen LogP contribution >= 0.6 is 0 Å². The van der Waals surface area contributed by atoms with E-state index in [9.17, 15) is 23.4 Å². The predicted molar refractivity (Wildman–Crippen MR) is 168 cm³/mol. The van der Waals surface area contributed by atoms with Crippen LogP contribution in [0.15, 0.2) is 89.8 Å². The molecule has 44 heavy (non-hydrogen) atoms. The number of carboxylic acid groups (broad SMARTS) is 1. The Labute approximate surface area is 257 Å². The molecule has 4 bridgehead atoms. The van der Waals surface area contributed by atoms with Crippen LogP contribution in [0.1, 0.15) is 41.9 Å². The largest absolute Gasteiger partial charge is 0.493 e. The van der Waals surface area contributed by atoms with Crippen LogP contribution in [0.5, 0.6) is 17.2 Å². The Hall–Kier alpha value is -4.58. The lowest BCUT2D eigenvalue weighted by atomic mass is 10.0. The molecule has 0 aromatic heterocycles. The Kier molecular flexibility index (Phi) is 10.5. The Morgan fingerprint density at radius 1 is 1.00 bits per heavy atom. The number of anilines is 1. The fourth-order valence-electron chi connectivity index (χ4n) is 4.66. The van der Waals surface area contributed by atoms with Gasteiger partial charge < -0.3 is 29.7 Å². The first-order valence-electron chi connectivity index (χ1n) is 13.7. The number of ether oxygens (including phenoxy) is 3. The first-order valence-corrected chi connectivity index (χ1v) is 15.2. The van der Waals surface area contributed by atoms with Crippen molar-refractivity contribution in [3.63, 3.8) is 0 Å². The average Bonchev–Trinajstić information content (AvgIpc) is 3.00. The van der Waals surface area contributed by atoms with Gasteiger partial charge in [0.15, 0.2) is 0 Å². The van der Waals surface area contributed by atoms with Gasteiger partial charge in [0.2, 0.25) is 0 Å². The molecular formula is C33H36N2O8S. The third-order valence-corrected chi connectivity index (χ3v) is 8.19. The van der Waals surface area contributed by atoms with Crippen LogP contribution in [-0.4, -0.2) is 50.9 Å². The third-order valence-electron chi connectivity index (χ3n) is 6.83. The summed E-state index contributed by atoms with van der Waals surface area (Å²) in [7, 11) is -3.85. The van der Waals surface area contributed by atoms with Gasteiger partial charge in [-0.1, -0.05) is 43.8 Å². The van der Waals surface area contributed by atoms with Crippen LogP contribution < -0.4 is 24.2 Å². The molecule has 0 aliphatic carbocycles. The van der Waals surface area contributed by atoms with E-state index in [2.05, 4.69) is 10.0 Å². The predicted octanol–water partition coefficient (Wildman–Crippen LogP) is 5.48. The normalized spacial score (nSPS) is 13.8. The lowest BCUT2D eigenvalue weighted by Gasteiger charge is -2.20. The zero-order valence-corrected chi connectivity index (χ0v) is 24.3. The smallest absolute Gasteiger partial charge is 0.339 e. The van der Waals surface area contributed by atoms with E-state index in [4.69, 9.17) is 14.2 Å². The van der Waals surface area contributed by atoms with Crippen LogP contribution in [0.2, 0.25) is 0 Å². The number of carboxylic acids is 1. The van der Waals surface area contributed by atoms with E-state index < -0.39 is 22.1 Å². The molecule has 0 saturated heterocycles. The van der Waals surface area contributed by atoms with Crippen molar-refractivity contribution in [3.05, 3.63) is 102 Å². The number of rotatable bonds is 11. The molecule has 0 saturated carbocycles. The average molecular weight is 621 g/mol. The molecule has 0 amide bonds. The van der Waals surface area contributed by atoms with Crippen LogP contribution in [-0.2, 0) is 16.6 Å². The summed E-state index contributed by atoms with van der Waals surface area (Å²) in [5.74, 6) is 0.411. The molecule has 1 heterocycles. The van der Waals surface area contributed by atoms with E-state index in [1.165, 1.54) is 12.1 Å². The summed E-state index contributed by atoms with van der Waals surface area (Å²) >= 11 is 0. The number of hydrogen-bond acceptors (Lipinski definition) is 8. The number of fused-ring (bicyclic) bond motifs is 4. The monoisotopic (exact) mass is 620 g/mol. The zero-order valence-electron chi connectivity index (χ0n) is 23.4. The molecule has 4 aromatic carbocycles. The van der Waals surface area contributed by atoms with E-state index in [0.717, 1.165) is 16.7 Å². The van der Waals surface area contributed by atoms with E-state index in [0.29, 0.717) is 42.6 Å². The Balaban J connectivity index is 0.00000442. The van der Waals surface area contributed by atoms with E-state index in [-0.39, 0.29) is 36.7 Å². The van der Waals surface area contributed by atoms with Crippen molar-refractivity contribution in [2.24, 2.45) is 0 Å². The second-order valence-electron chi connectivity index (χ2n) is 9.83. The standard InChI is InChI=1S/C32H32N2O8S.CH4/c1-2-40-31-17-23(8-12-28(31)32(36)37)22-6-9-24(10-7-22)41-15-14-33-19-30(35)27-13-11-25-18-29(27)34-43(38,39)26-5-3-4-21(16-26)20-42-25;/h3-13,16-18,30,33-35H,2,14-15,19-20H2,1H3,(H,36,37);1H4. The molecular weight excluding hydrogens is 584 g/mol. The lowest BCUT2D eigenvalue weighted by molar-refractivity contribution is 0.0692. The van der Waals surface area contributed by atoms with Gasteiger partial charge in [0.1, 0.15) is 36.0 Å². The number of hydrogen-bond donors (Lipinski definition) is 4. The molecule has 4 N–H and O–H groups in total. The van der Waals surface area contributed by atoms with Gasteiger partial charge in [0.25, 0.3) is 10.0 Å². The Morgan fingerprint density at radius 3 is 2.52 bits per heavy atom. The number of aliphatic hydroxyl groups excluding tert-OH is 1. The molecule has 0 fully saturated rings. The minimum Gasteiger partial charge on any atom is -0.493 e. The van der Waals surface area contributed by atoms with Gasteiger partial charge >= 0.3 is 5.97 Å². The molecule has 1 atom stereocenters. The Bertz CT molecular complexity index is 1710. The fraction of sp³-hybridized carbons (Fsp3) is 0.242. The number of aromatic carboxylic acids is 1. The summed E-state index contributed by atoms with van der Waals surface area (Å²) in [6.45, 7) is 3.32. The van der Waals surface area contributed by atoms with Crippen molar-refractivity contribution in [2.45, 2.75) is 32.0 Å². The van der Waals surface area contributed by atoms with Crippen LogP contribution in [0.25, 0.3) is 11.1 Å². The maximum Gasteiger partial charge on any atom is 0.339 e. The van der Waals surface area contributed by atoms with E-state index in [1.54, 1.807) is 55.5 Å².